The summed E-state index contributed by atoms with van der Waals surface area (Å²) < 4.78 is 12.8. The van der Waals surface area contributed by atoms with Gasteiger partial charge >= 0.3 is 0 Å². The van der Waals surface area contributed by atoms with E-state index in [0.717, 1.165) is 4.90 Å². The summed E-state index contributed by atoms with van der Waals surface area (Å²) in [6, 6.07) is 4.55. The highest BCUT2D eigenvalue weighted by Crippen LogP contribution is 2.32. The van der Waals surface area contributed by atoms with Crippen LogP contribution in [0.1, 0.15) is 0 Å². The van der Waals surface area contributed by atoms with Crippen LogP contribution < -0.4 is 4.90 Å². The van der Waals surface area contributed by atoms with Crippen LogP contribution in [0.2, 0.25) is 0 Å². The van der Waals surface area contributed by atoms with E-state index in [1.807, 2.05) is 0 Å². The Hall–Kier alpha value is -2.11. The van der Waals surface area contributed by atoms with Crippen LogP contribution in [0.5, 0.6) is 0 Å². The Kier molecular flexibility index (Phi) is 2.04. The van der Waals surface area contributed by atoms with Gasteiger partial charge in [-0.2, -0.15) is 10.2 Å². The number of carbonyl (C=O) groups excluding carboxylic acids is 2. The van der Waals surface area contributed by atoms with Gasteiger partial charge in [0.15, 0.2) is 6.04 Å². The topological polar surface area (TPSA) is 62.1 Å². The first-order chi connectivity index (χ1) is 8.18. The van der Waals surface area contributed by atoms with E-state index >= 15 is 0 Å². The summed E-state index contributed by atoms with van der Waals surface area (Å²) in [6.45, 7) is 0.257. The number of fused-ring (bicyclic) bond motifs is 1. The van der Waals surface area contributed by atoms with Gasteiger partial charge in [0, 0.05) is 0 Å². The van der Waals surface area contributed by atoms with E-state index in [2.05, 4.69) is 10.2 Å². The molecule has 5 nitrogen and oxygen atoms in total. The van der Waals surface area contributed by atoms with Crippen molar-refractivity contribution >= 4 is 17.5 Å². The molecule has 2 aliphatic heterocycles. The van der Waals surface area contributed by atoms with Crippen LogP contribution in [0.3, 0.4) is 0 Å². The lowest BCUT2D eigenvalue weighted by Crippen LogP contribution is -2.31. The van der Waals surface area contributed by atoms with Gasteiger partial charge in [0.05, 0.1) is 18.2 Å². The third-order valence-corrected chi connectivity index (χ3v) is 2.96. The molecule has 0 spiro atoms. The Balaban J connectivity index is 1.99. The van der Waals surface area contributed by atoms with Gasteiger partial charge in [0.1, 0.15) is 5.82 Å². The van der Waals surface area contributed by atoms with E-state index in [0.29, 0.717) is 5.69 Å². The number of rotatable bonds is 1. The number of imide groups is 1. The Morgan fingerprint density at radius 1 is 1.18 bits per heavy atom. The van der Waals surface area contributed by atoms with E-state index in [1.54, 1.807) is 0 Å². The van der Waals surface area contributed by atoms with Crippen molar-refractivity contribution in [3.05, 3.63) is 30.1 Å². The highest BCUT2D eigenvalue weighted by molar-refractivity contribution is 6.23. The van der Waals surface area contributed by atoms with Gasteiger partial charge in [-0.1, -0.05) is 0 Å². The van der Waals surface area contributed by atoms with Crippen molar-refractivity contribution in [2.75, 3.05) is 11.4 Å². The molecule has 0 N–H and O–H groups in total. The van der Waals surface area contributed by atoms with Gasteiger partial charge in [0.25, 0.3) is 5.91 Å². The molecule has 2 atom stereocenters. The van der Waals surface area contributed by atoms with Crippen molar-refractivity contribution in [1.82, 2.24) is 0 Å². The molecule has 1 saturated heterocycles. The Labute approximate surface area is 95.9 Å². The summed E-state index contributed by atoms with van der Waals surface area (Å²) in [5.74, 6) is -1.58. The number of hydrogen-bond donors (Lipinski definition) is 0. The minimum atomic E-state index is -0.687. The standard InChI is InChI=1S/C11H8FN3O2/c12-6-1-3-7(4-2-6)15-10(16)8-5-13-14-9(8)11(15)17/h1-4,8-9H,5H2. The highest BCUT2D eigenvalue weighted by Gasteiger charge is 2.50. The first-order valence-corrected chi connectivity index (χ1v) is 5.18. The van der Waals surface area contributed by atoms with Crippen LogP contribution in [0, 0.1) is 11.7 Å². The molecule has 2 amide bonds. The molecule has 6 heteroatoms. The third kappa shape index (κ3) is 1.37. The molecule has 2 unspecified atom stereocenters. The molecule has 1 aromatic carbocycles. The fourth-order valence-corrected chi connectivity index (χ4v) is 2.09. The zero-order valence-electron chi connectivity index (χ0n) is 8.71. The van der Waals surface area contributed by atoms with E-state index in [1.165, 1.54) is 24.3 Å². The molecule has 1 fully saturated rings. The van der Waals surface area contributed by atoms with Crippen molar-refractivity contribution in [1.29, 1.82) is 0 Å². The molecule has 17 heavy (non-hydrogen) atoms. The Morgan fingerprint density at radius 2 is 1.88 bits per heavy atom. The average Bonchev–Trinajstić information content (AvgIpc) is 2.87. The molecule has 86 valence electrons. The molecule has 3 rings (SSSR count). The van der Waals surface area contributed by atoms with Gasteiger partial charge in [0.2, 0.25) is 5.91 Å². The normalized spacial score (nSPS) is 26.8. The van der Waals surface area contributed by atoms with Crippen LogP contribution in [-0.2, 0) is 9.59 Å². The number of halogens is 1. The minimum Gasteiger partial charge on any atom is -0.274 e. The molecular formula is C11H8FN3O2. The number of carbonyl (C=O) groups is 2. The van der Waals surface area contributed by atoms with E-state index in [-0.39, 0.29) is 18.4 Å². The van der Waals surface area contributed by atoms with Gasteiger partial charge in [-0.05, 0) is 24.3 Å². The lowest BCUT2D eigenvalue weighted by atomic mass is 10.1. The predicted octanol–water partition coefficient (Wildman–Crippen LogP) is 1.15. The quantitative estimate of drug-likeness (QED) is 0.683. The Bertz CT molecular complexity index is 526. The van der Waals surface area contributed by atoms with Crippen molar-refractivity contribution < 1.29 is 14.0 Å². The first-order valence-electron chi connectivity index (χ1n) is 5.18. The molecule has 2 aliphatic rings. The Morgan fingerprint density at radius 3 is 2.53 bits per heavy atom. The summed E-state index contributed by atoms with van der Waals surface area (Å²) in [5, 5.41) is 7.47. The van der Waals surface area contributed by atoms with Crippen LogP contribution >= 0.6 is 0 Å². The minimum absolute atomic E-state index is 0.257. The summed E-state index contributed by atoms with van der Waals surface area (Å²) >= 11 is 0. The summed E-state index contributed by atoms with van der Waals surface area (Å²) in [7, 11) is 0. The molecule has 0 aromatic heterocycles. The zero-order valence-corrected chi connectivity index (χ0v) is 8.71. The van der Waals surface area contributed by atoms with Gasteiger partial charge < -0.3 is 0 Å². The zero-order chi connectivity index (χ0) is 12.0. The molecule has 0 aliphatic carbocycles. The van der Waals surface area contributed by atoms with Gasteiger partial charge in [-0.15, -0.1) is 0 Å². The fraction of sp³-hybridized carbons (Fsp3) is 0.273. The van der Waals surface area contributed by atoms with E-state index in [4.69, 9.17) is 0 Å². The SMILES string of the molecule is O=C1C2CN=NC2C(=O)N1c1ccc(F)cc1. The largest absolute Gasteiger partial charge is 0.274 e. The van der Waals surface area contributed by atoms with Crippen molar-refractivity contribution in [3.63, 3.8) is 0 Å². The number of azo groups is 1. The molecule has 0 radical (unpaired) electrons. The average molecular weight is 233 g/mol. The number of anilines is 1. The summed E-state index contributed by atoms with van der Waals surface area (Å²) in [5.41, 5.74) is 0.381. The smallest absolute Gasteiger partial charge is 0.261 e. The maximum absolute atomic E-state index is 12.8. The summed E-state index contributed by atoms with van der Waals surface area (Å²) in [4.78, 5) is 25.0. The predicted molar refractivity (Wildman–Crippen MR) is 55.9 cm³/mol. The highest BCUT2D eigenvalue weighted by atomic mass is 19.1. The second kappa shape index (κ2) is 3.44. The monoisotopic (exact) mass is 233 g/mol. The number of nitrogens with zero attached hydrogens (tertiary/aromatic N) is 3. The second-order valence-electron chi connectivity index (χ2n) is 3.98. The van der Waals surface area contributed by atoms with E-state index in [9.17, 15) is 14.0 Å². The number of benzene rings is 1. The molecule has 0 saturated carbocycles. The van der Waals surface area contributed by atoms with Gasteiger partial charge in [-0.25, -0.2) is 9.29 Å². The molecule has 0 bridgehead atoms. The van der Waals surface area contributed by atoms with Crippen LogP contribution in [0.25, 0.3) is 0 Å². The fourth-order valence-electron chi connectivity index (χ4n) is 2.09. The van der Waals surface area contributed by atoms with Gasteiger partial charge in [-0.3, -0.25) is 9.59 Å². The van der Waals surface area contributed by atoms with Crippen molar-refractivity contribution in [3.8, 4) is 0 Å². The lowest BCUT2D eigenvalue weighted by Gasteiger charge is -2.14. The third-order valence-electron chi connectivity index (χ3n) is 2.96. The lowest BCUT2D eigenvalue weighted by molar-refractivity contribution is -0.122. The maximum atomic E-state index is 12.8. The summed E-state index contributed by atoms with van der Waals surface area (Å²) in [6.07, 6.45) is 0. The molecular weight excluding hydrogens is 225 g/mol. The first kappa shape index (κ1) is 10.1. The molecule has 2 heterocycles. The number of amides is 2. The van der Waals surface area contributed by atoms with E-state index < -0.39 is 17.8 Å². The molecule has 1 aromatic rings. The maximum Gasteiger partial charge on any atom is 0.261 e. The van der Waals surface area contributed by atoms with Crippen LogP contribution in [0.4, 0.5) is 10.1 Å². The van der Waals surface area contributed by atoms with Crippen molar-refractivity contribution in [2.24, 2.45) is 16.1 Å². The van der Waals surface area contributed by atoms with Crippen LogP contribution in [-0.4, -0.2) is 24.4 Å². The van der Waals surface area contributed by atoms with Crippen molar-refractivity contribution in [2.45, 2.75) is 6.04 Å². The van der Waals surface area contributed by atoms with Crippen LogP contribution in [0.15, 0.2) is 34.5 Å². The second-order valence-corrected chi connectivity index (χ2v) is 3.98. The number of hydrogen-bond acceptors (Lipinski definition) is 4.